The molecule has 90 valence electrons. The number of hydrogen-bond donors (Lipinski definition) is 1. The molecular formula is C12H21N3S. The van der Waals surface area contributed by atoms with Crippen molar-refractivity contribution >= 4 is 16.5 Å². The van der Waals surface area contributed by atoms with Gasteiger partial charge in [-0.15, -0.1) is 11.3 Å². The maximum atomic E-state index is 4.55. The molecule has 0 saturated carbocycles. The van der Waals surface area contributed by atoms with Gasteiger partial charge in [0, 0.05) is 17.5 Å². The Balaban J connectivity index is 1.99. The highest BCUT2D eigenvalue weighted by molar-refractivity contribution is 7.15. The minimum atomic E-state index is 0.584. The van der Waals surface area contributed by atoms with Crippen molar-refractivity contribution in [3.05, 3.63) is 10.6 Å². The van der Waals surface area contributed by atoms with E-state index < -0.39 is 0 Å². The number of likely N-dealkylation sites (tertiary alicyclic amines) is 1. The largest absolute Gasteiger partial charge is 0.358 e. The Labute approximate surface area is 102 Å². The molecule has 2 heterocycles. The minimum Gasteiger partial charge on any atom is -0.358 e. The standard InChI is InChI=1S/C12H21N3S/c1-8-7-15(4)6-5-11(8)14-12-13-9(2)10(3)16-12/h8,11H,5-7H2,1-4H3,(H,13,14). The number of rotatable bonds is 2. The molecule has 1 aromatic rings. The molecule has 2 unspecified atom stereocenters. The first-order valence-corrected chi connectivity index (χ1v) is 6.77. The summed E-state index contributed by atoms with van der Waals surface area (Å²) in [5.41, 5.74) is 1.16. The van der Waals surface area contributed by atoms with Gasteiger partial charge in [-0.2, -0.15) is 0 Å². The predicted octanol–water partition coefficient (Wildman–Crippen LogP) is 2.51. The van der Waals surface area contributed by atoms with Crippen LogP contribution in [-0.4, -0.2) is 36.1 Å². The first kappa shape index (κ1) is 11.9. The molecule has 1 aliphatic heterocycles. The van der Waals surface area contributed by atoms with Gasteiger partial charge in [0.25, 0.3) is 0 Å². The van der Waals surface area contributed by atoms with Gasteiger partial charge in [-0.05, 0) is 39.8 Å². The van der Waals surface area contributed by atoms with E-state index >= 15 is 0 Å². The summed E-state index contributed by atoms with van der Waals surface area (Å²) in [5.74, 6) is 0.697. The van der Waals surface area contributed by atoms with Crippen LogP contribution < -0.4 is 5.32 Å². The van der Waals surface area contributed by atoms with Crippen LogP contribution in [0.3, 0.4) is 0 Å². The van der Waals surface area contributed by atoms with Crippen molar-refractivity contribution < 1.29 is 0 Å². The molecule has 0 spiro atoms. The highest BCUT2D eigenvalue weighted by atomic mass is 32.1. The van der Waals surface area contributed by atoms with Gasteiger partial charge >= 0.3 is 0 Å². The number of aryl methyl sites for hydroxylation is 2. The van der Waals surface area contributed by atoms with Crippen molar-refractivity contribution in [1.82, 2.24) is 9.88 Å². The van der Waals surface area contributed by atoms with Crippen LogP contribution >= 0.6 is 11.3 Å². The lowest BCUT2D eigenvalue weighted by atomic mass is 9.94. The van der Waals surface area contributed by atoms with Gasteiger partial charge in [0.05, 0.1) is 5.69 Å². The lowest BCUT2D eigenvalue weighted by Crippen LogP contribution is -2.43. The van der Waals surface area contributed by atoms with E-state index in [1.165, 1.54) is 24.4 Å². The molecule has 1 N–H and O–H groups in total. The maximum Gasteiger partial charge on any atom is 0.183 e. The fourth-order valence-electron chi connectivity index (χ4n) is 2.26. The molecule has 0 radical (unpaired) electrons. The second kappa shape index (κ2) is 4.72. The van der Waals surface area contributed by atoms with Gasteiger partial charge in [-0.3, -0.25) is 0 Å². The third-order valence-electron chi connectivity index (χ3n) is 3.45. The summed E-state index contributed by atoms with van der Waals surface area (Å²) in [5, 5.41) is 4.69. The highest BCUT2D eigenvalue weighted by Crippen LogP contribution is 2.25. The quantitative estimate of drug-likeness (QED) is 0.859. The summed E-state index contributed by atoms with van der Waals surface area (Å²) in [6, 6.07) is 0.584. The molecule has 2 rings (SSSR count). The molecule has 1 saturated heterocycles. The van der Waals surface area contributed by atoms with Crippen LogP contribution in [0.25, 0.3) is 0 Å². The van der Waals surface area contributed by atoms with Gasteiger partial charge in [-0.25, -0.2) is 4.98 Å². The van der Waals surface area contributed by atoms with Crippen molar-refractivity contribution in [2.45, 2.75) is 33.2 Å². The molecular weight excluding hydrogens is 218 g/mol. The molecule has 0 aliphatic carbocycles. The van der Waals surface area contributed by atoms with Crippen molar-refractivity contribution in [3.63, 3.8) is 0 Å². The molecule has 2 atom stereocenters. The van der Waals surface area contributed by atoms with Crippen molar-refractivity contribution in [2.75, 3.05) is 25.5 Å². The summed E-state index contributed by atoms with van der Waals surface area (Å²) >= 11 is 1.78. The number of aromatic nitrogens is 1. The summed E-state index contributed by atoms with van der Waals surface area (Å²) in [6.45, 7) is 8.90. The van der Waals surface area contributed by atoms with Gasteiger partial charge in [0.2, 0.25) is 0 Å². The number of anilines is 1. The molecule has 4 heteroatoms. The number of hydrogen-bond acceptors (Lipinski definition) is 4. The Morgan fingerprint density at radius 2 is 2.19 bits per heavy atom. The van der Waals surface area contributed by atoms with Crippen LogP contribution in [-0.2, 0) is 0 Å². The van der Waals surface area contributed by atoms with Crippen LogP contribution in [0, 0.1) is 19.8 Å². The summed E-state index contributed by atoms with van der Waals surface area (Å²) in [7, 11) is 2.20. The zero-order valence-corrected chi connectivity index (χ0v) is 11.4. The predicted molar refractivity (Wildman–Crippen MR) is 70.3 cm³/mol. The Kier molecular flexibility index (Phi) is 3.50. The molecule has 1 aliphatic rings. The third-order valence-corrected chi connectivity index (χ3v) is 4.45. The topological polar surface area (TPSA) is 28.2 Å². The van der Waals surface area contributed by atoms with Crippen molar-refractivity contribution in [2.24, 2.45) is 5.92 Å². The van der Waals surface area contributed by atoms with Gasteiger partial charge in [0.15, 0.2) is 5.13 Å². The van der Waals surface area contributed by atoms with Gasteiger partial charge < -0.3 is 10.2 Å². The van der Waals surface area contributed by atoms with Crippen LogP contribution in [0.4, 0.5) is 5.13 Å². The summed E-state index contributed by atoms with van der Waals surface area (Å²) < 4.78 is 0. The minimum absolute atomic E-state index is 0.584. The average molecular weight is 239 g/mol. The highest BCUT2D eigenvalue weighted by Gasteiger charge is 2.24. The third kappa shape index (κ3) is 2.55. The molecule has 0 aromatic carbocycles. The van der Waals surface area contributed by atoms with Crippen LogP contribution in [0.15, 0.2) is 0 Å². The number of nitrogens with zero attached hydrogens (tertiary/aromatic N) is 2. The van der Waals surface area contributed by atoms with E-state index in [2.05, 4.69) is 43.0 Å². The first-order valence-electron chi connectivity index (χ1n) is 5.95. The molecule has 1 aromatic heterocycles. The number of piperidine rings is 1. The smallest absolute Gasteiger partial charge is 0.183 e. The zero-order valence-electron chi connectivity index (χ0n) is 10.6. The van der Waals surface area contributed by atoms with Gasteiger partial charge in [0.1, 0.15) is 0 Å². The van der Waals surface area contributed by atoms with Crippen molar-refractivity contribution in [3.8, 4) is 0 Å². The summed E-state index contributed by atoms with van der Waals surface area (Å²) in [4.78, 5) is 8.28. The summed E-state index contributed by atoms with van der Waals surface area (Å²) in [6.07, 6.45) is 1.22. The Morgan fingerprint density at radius 1 is 1.44 bits per heavy atom. The number of thiazole rings is 1. The van der Waals surface area contributed by atoms with Crippen LogP contribution in [0.2, 0.25) is 0 Å². The normalized spacial score (nSPS) is 27.0. The lowest BCUT2D eigenvalue weighted by Gasteiger charge is -2.35. The van der Waals surface area contributed by atoms with Crippen LogP contribution in [0.5, 0.6) is 0 Å². The Hall–Kier alpha value is -0.610. The molecule has 1 fully saturated rings. The first-order chi connectivity index (χ1) is 7.56. The Morgan fingerprint density at radius 3 is 2.75 bits per heavy atom. The molecule has 16 heavy (non-hydrogen) atoms. The van der Waals surface area contributed by atoms with Gasteiger partial charge in [-0.1, -0.05) is 6.92 Å². The second-order valence-corrected chi connectivity index (χ2v) is 6.14. The molecule has 0 amide bonds. The van der Waals surface area contributed by atoms with E-state index in [-0.39, 0.29) is 0 Å². The average Bonchev–Trinajstić information content (AvgIpc) is 2.51. The maximum absolute atomic E-state index is 4.55. The fraction of sp³-hybridized carbons (Fsp3) is 0.750. The van der Waals surface area contributed by atoms with Crippen molar-refractivity contribution in [1.29, 1.82) is 0 Å². The SMILES string of the molecule is Cc1nc(NC2CCN(C)CC2C)sc1C. The van der Waals surface area contributed by atoms with E-state index in [0.29, 0.717) is 12.0 Å². The molecule has 3 nitrogen and oxygen atoms in total. The van der Waals surface area contributed by atoms with Crippen LogP contribution in [0.1, 0.15) is 23.9 Å². The monoisotopic (exact) mass is 239 g/mol. The van der Waals surface area contributed by atoms with E-state index in [0.717, 1.165) is 10.8 Å². The van der Waals surface area contributed by atoms with E-state index in [1.54, 1.807) is 11.3 Å². The second-order valence-electron chi connectivity index (χ2n) is 4.94. The number of nitrogens with one attached hydrogen (secondary N) is 1. The zero-order chi connectivity index (χ0) is 11.7. The molecule has 0 bridgehead atoms. The van der Waals surface area contributed by atoms with E-state index in [4.69, 9.17) is 0 Å². The lowest BCUT2D eigenvalue weighted by molar-refractivity contribution is 0.206. The van der Waals surface area contributed by atoms with E-state index in [1.807, 2.05) is 0 Å². The Bertz CT molecular complexity index is 342. The fourth-order valence-corrected chi connectivity index (χ4v) is 3.14. The van der Waals surface area contributed by atoms with E-state index in [9.17, 15) is 0 Å².